The first-order chi connectivity index (χ1) is 7.78. The molecule has 3 heteroatoms. The summed E-state index contributed by atoms with van der Waals surface area (Å²) >= 11 is 4.03. The molecule has 0 saturated heterocycles. The van der Waals surface area contributed by atoms with Gasteiger partial charge >= 0.3 is 0 Å². The van der Waals surface area contributed by atoms with E-state index in [1.165, 1.54) is 13.4 Å². The van der Waals surface area contributed by atoms with Crippen molar-refractivity contribution in [3.05, 3.63) is 57.7 Å². The van der Waals surface area contributed by atoms with E-state index in [1.807, 2.05) is 24.3 Å². The topological polar surface area (TPSA) is 20.2 Å². The largest absolute Gasteiger partial charge is 0.392 e. The molecule has 0 saturated carbocycles. The zero-order valence-electron chi connectivity index (χ0n) is 8.56. The van der Waals surface area contributed by atoms with Crippen LogP contribution in [0.4, 0.5) is 0 Å². The van der Waals surface area contributed by atoms with E-state index >= 15 is 0 Å². The van der Waals surface area contributed by atoms with Gasteiger partial charge in [0.2, 0.25) is 0 Å². The maximum absolute atomic E-state index is 8.94. The molecule has 0 aromatic heterocycles. The third kappa shape index (κ3) is 3.23. The quantitative estimate of drug-likeness (QED) is 0.853. The zero-order valence-corrected chi connectivity index (χ0v) is 11.5. The molecular weight excluding hydrogens is 331 g/mol. The standard InChI is InChI=1S/C13H11IOS/c14-11-3-7-13(8-4-11)16-12-5-1-10(9-15)2-6-12/h1-8,15H,9H2. The normalized spacial score (nSPS) is 10.4. The summed E-state index contributed by atoms with van der Waals surface area (Å²) in [7, 11) is 0. The Bertz CT molecular complexity index is 450. The summed E-state index contributed by atoms with van der Waals surface area (Å²) < 4.78 is 1.25. The lowest BCUT2D eigenvalue weighted by Gasteiger charge is -2.02. The number of aliphatic hydroxyl groups is 1. The van der Waals surface area contributed by atoms with Gasteiger partial charge in [-0.3, -0.25) is 0 Å². The number of hydrogen-bond acceptors (Lipinski definition) is 2. The van der Waals surface area contributed by atoms with Gasteiger partial charge in [0.05, 0.1) is 6.61 Å². The van der Waals surface area contributed by atoms with Crippen LogP contribution in [0.3, 0.4) is 0 Å². The van der Waals surface area contributed by atoms with Crippen LogP contribution in [0.15, 0.2) is 58.3 Å². The van der Waals surface area contributed by atoms with Gasteiger partial charge in [-0.15, -0.1) is 0 Å². The number of halogens is 1. The Kier molecular flexibility index (Phi) is 4.26. The smallest absolute Gasteiger partial charge is 0.0681 e. The second-order valence-corrected chi connectivity index (χ2v) is 5.75. The van der Waals surface area contributed by atoms with Gasteiger partial charge in [0.25, 0.3) is 0 Å². The summed E-state index contributed by atoms with van der Waals surface area (Å²) in [5, 5.41) is 8.94. The van der Waals surface area contributed by atoms with Crippen LogP contribution in [0, 0.1) is 3.57 Å². The van der Waals surface area contributed by atoms with Gasteiger partial charge in [-0.2, -0.15) is 0 Å². The second kappa shape index (κ2) is 5.70. The molecule has 0 aliphatic heterocycles. The Labute approximate surface area is 113 Å². The molecule has 16 heavy (non-hydrogen) atoms. The van der Waals surface area contributed by atoms with E-state index in [-0.39, 0.29) is 6.61 Å². The van der Waals surface area contributed by atoms with E-state index in [1.54, 1.807) is 11.8 Å². The maximum Gasteiger partial charge on any atom is 0.0681 e. The summed E-state index contributed by atoms with van der Waals surface area (Å²) in [6, 6.07) is 16.4. The van der Waals surface area contributed by atoms with Crippen molar-refractivity contribution >= 4 is 34.4 Å². The van der Waals surface area contributed by atoms with Gasteiger partial charge in [-0.1, -0.05) is 23.9 Å². The fraction of sp³-hybridized carbons (Fsp3) is 0.0769. The second-order valence-electron chi connectivity index (χ2n) is 3.36. The lowest BCUT2D eigenvalue weighted by molar-refractivity contribution is 0.282. The molecule has 1 N–H and O–H groups in total. The molecule has 82 valence electrons. The summed E-state index contributed by atoms with van der Waals surface area (Å²) in [4.78, 5) is 2.43. The molecule has 0 atom stereocenters. The minimum absolute atomic E-state index is 0.106. The Hall–Kier alpha value is -0.520. The van der Waals surface area contributed by atoms with E-state index in [4.69, 9.17) is 5.11 Å². The fourth-order valence-corrected chi connectivity index (χ4v) is 2.48. The maximum atomic E-state index is 8.94. The van der Waals surface area contributed by atoms with Crippen LogP contribution in [-0.4, -0.2) is 5.11 Å². The van der Waals surface area contributed by atoms with Gasteiger partial charge in [-0.25, -0.2) is 0 Å². The van der Waals surface area contributed by atoms with Gasteiger partial charge in [0.1, 0.15) is 0 Å². The summed E-state index contributed by atoms with van der Waals surface area (Å²) in [5.41, 5.74) is 0.951. The molecule has 0 bridgehead atoms. The fourth-order valence-electron chi connectivity index (χ4n) is 1.30. The van der Waals surface area contributed by atoms with Crippen molar-refractivity contribution in [1.29, 1.82) is 0 Å². The SMILES string of the molecule is OCc1ccc(Sc2ccc(I)cc2)cc1. The molecule has 0 unspecified atom stereocenters. The molecule has 0 fully saturated rings. The van der Waals surface area contributed by atoms with Crippen molar-refractivity contribution in [3.63, 3.8) is 0 Å². The Balaban J connectivity index is 2.11. The van der Waals surface area contributed by atoms with E-state index in [0.717, 1.165) is 5.56 Å². The highest BCUT2D eigenvalue weighted by Gasteiger charge is 1.97. The lowest BCUT2D eigenvalue weighted by Crippen LogP contribution is -1.81. The van der Waals surface area contributed by atoms with Crippen molar-refractivity contribution in [2.45, 2.75) is 16.4 Å². The Morgan fingerprint density at radius 1 is 0.875 bits per heavy atom. The van der Waals surface area contributed by atoms with E-state index in [2.05, 4.69) is 46.9 Å². The first-order valence-electron chi connectivity index (χ1n) is 4.91. The van der Waals surface area contributed by atoms with Gasteiger partial charge in [0, 0.05) is 13.4 Å². The van der Waals surface area contributed by atoms with E-state index < -0.39 is 0 Å². The van der Waals surface area contributed by atoms with Crippen LogP contribution >= 0.6 is 34.4 Å². The zero-order chi connectivity index (χ0) is 11.4. The van der Waals surface area contributed by atoms with Crippen molar-refractivity contribution < 1.29 is 5.11 Å². The highest BCUT2D eigenvalue weighted by Crippen LogP contribution is 2.28. The molecule has 0 aliphatic carbocycles. The third-order valence-electron chi connectivity index (χ3n) is 2.16. The van der Waals surface area contributed by atoms with Crippen LogP contribution in [0.5, 0.6) is 0 Å². The first kappa shape index (κ1) is 12.0. The molecule has 0 radical (unpaired) electrons. The lowest BCUT2D eigenvalue weighted by atomic mass is 10.2. The summed E-state index contributed by atoms with van der Waals surface area (Å²) in [6.45, 7) is 0.106. The average Bonchev–Trinajstić information content (AvgIpc) is 2.33. The van der Waals surface area contributed by atoms with Gasteiger partial charge < -0.3 is 5.11 Å². The molecule has 2 aromatic rings. The van der Waals surface area contributed by atoms with Crippen molar-refractivity contribution in [3.8, 4) is 0 Å². The predicted octanol–water partition coefficient (Wildman–Crippen LogP) is 3.93. The minimum atomic E-state index is 0.106. The van der Waals surface area contributed by atoms with Crippen LogP contribution in [-0.2, 0) is 6.61 Å². The number of aliphatic hydroxyl groups excluding tert-OH is 1. The number of rotatable bonds is 3. The average molecular weight is 342 g/mol. The molecule has 2 aromatic carbocycles. The third-order valence-corrected chi connectivity index (χ3v) is 3.89. The Morgan fingerprint density at radius 3 is 1.88 bits per heavy atom. The van der Waals surface area contributed by atoms with E-state index in [0.29, 0.717) is 0 Å². The van der Waals surface area contributed by atoms with Crippen LogP contribution in [0.25, 0.3) is 0 Å². The van der Waals surface area contributed by atoms with Gasteiger partial charge in [0.15, 0.2) is 0 Å². The number of benzene rings is 2. The van der Waals surface area contributed by atoms with Crippen molar-refractivity contribution in [1.82, 2.24) is 0 Å². The molecular formula is C13H11IOS. The van der Waals surface area contributed by atoms with E-state index in [9.17, 15) is 0 Å². The van der Waals surface area contributed by atoms with Crippen molar-refractivity contribution in [2.75, 3.05) is 0 Å². The molecule has 0 heterocycles. The van der Waals surface area contributed by atoms with Crippen molar-refractivity contribution in [2.24, 2.45) is 0 Å². The highest BCUT2D eigenvalue weighted by atomic mass is 127. The Morgan fingerprint density at radius 2 is 1.38 bits per heavy atom. The molecule has 1 nitrogen and oxygen atoms in total. The minimum Gasteiger partial charge on any atom is -0.392 e. The molecule has 0 aliphatic rings. The molecule has 0 amide bonds. The van der Waals surface area contributed by atoms with Gasteiger partial charge in [-0.05, 0) is 64.6 Å². The van der Waals surface area contributed by atoms with Crippen LogP contribution in [0.2, 0.25) is 0 Å². The highest BCUT2D eigenvalue weighted by molar-refractivity contribution is 14.1. The molecule has 2 rings (SSSR count). The summed E-state index contributed by atoms with van der Waals surface area (Å²) in [6.07, 6.45) is 0. The monoisotopic (exact) mass is 342 g/mol. The number of hydrogen-bond donors (Lipinski definition) is 1. The predicted molar refractivity (Wildman–Crippen MR) is 75.6 cm³/mol. The van der Waals surface area contributed by atoms with Crippen LogP contribution in [0.1, 0.15) is 5.56 Å². The first-order valence-corrected chi connectivity index (χ1v) is 6.80. The van der Waals surface area contributed by atoms with Crippen LogP contribution < -0.4 is 0 Å². The summed E-state index contributed by atoms with van der Waals surface area (Å²) in [5.74, 6) is 0. The molecule has 0 spiro atoms.